The summed E-state index contributed by atoms with van der Waals surface area (Å²) in [7, 11) is 0. The van der Waals surface area contributed by atoms with Crippen LogP contribution in [0, 0.1) is 6.92 Å². The van der Waals surface area contributed by atoms with E-state index in [0.29, 0.717) is 16.8 Å². The molecule has 106 valence electrons. The third-order valence-electron chi connectivity index (χ3n) is 2.57. The maximum absolute atomic E-state index is 12.6. The molecule has 8 heteroatoms. The zero-order valence-electron chi connectivity index (χ0n) is 9.81. The number of hydrogen-bond acceptors (Lipinski definition) is 2. The Bertz CT molecular complexity index is 484. The Morgan fingerprint density at radius 1 is 1.26 bits per heavy atom. The molecule has 0 heterocycles. The molecular weight excluding hydrogens is 271 g/mol. The van der Waals surface area contributed by atoms with E-state index in [2.05, 4.69) is 0 Å². The van der Waals surface area contributed by atoms with Crippen molar-refractivity contribution in [3.63, 3.8) is 0 Å². The molecule has 0 aliphatic carbocycles. The van der Waals surface area contributed by atoms with Gasteiger partial charge in [-0.2, -0.15) is 22.0 Å². The van der Waals surface area contributed by atoms with Crippen molar-refractivity contribution in [1.29, 1.82) is 0 Å². The van der Waals surface area contributed by atoms with Crippen molar-refractivity contribution in [2.24, 2.45) is 0 Å². The number of nitrogens with two attached hydrogens (primary N) is 1. The van der Waals surface area contributed by atoms with Crippen LogP contribution in [0.3, 0.4) is 0 Å². The SMILES string of the molecule is Cc1c(N)cccc1CNC(=O)C(F)(F)C(F)(F)F. The van der Waals surface area contributed by atoms with Gasteiger partial charge in [0.2, 0.25) is 0 Å². The molecule has 0 aliphatic rings. The topological polar surface area (TPSA) is 55.1 Å². The van der Waals surface area contributed by atoms with E-state index < -0.39 is 24.6 Å². The Morgan fingerprint density at radius 3 is 2.37 bits per heavy atom. The quantitative estimate of drug-likeness (QED) is 0.660. The number of anilines is 1. The molecule has 0 unspecified atom stereocenters. The van der Waals surface area contributed by atoms with Crippen LogP contribution in [-0.4, -0.2) is 18.0 Å². The second kappa shape index (κ2) is 5.02. The fourth-order valence-electron chi connectivity index (χ4n) is 1.31. The average Bonchev–Trinajstić information content (AvgIpc) is 2.29. The van der Waals surface area contributed by atoms with Crippen molar-refractivity contribution >= 4 is 11.6 Å². The summed E-state index contributed by atoms with van der Waals surface area (Å²) < 4.78 is 61.1. The molecule has 19 heavy (non-hydrogen) atoms. The van der Waals surface area contributed by atoms with Crippen LogP contribution in [0.2, 0.25) is 0 Å². The third kappa shape index (κ3) is 3.12. The van der Waals surface area contributed by atoms with Gasteiger partial charge in [0, 0.05) is 12.2 Å². The van der Waals surface area contributed by atoms with E-state index in [4.69, 9.17) is 5.73 Å². The summed E-state index contributed by atoms with van der Waals surface area (Å²) in [6, 6.07) is 4.52. The van der Waals surface area contributed by atoms with E-state index in [1.807, 2.05) is 0 Å². The van der Waals surface area contributed by atoms with Gasteiger partial charge in [-0.1, -0.05) is 12.1 Å². The van der Waals surface area contributed by atoms with Gasteiger partial charge in [-0.05, 0) is 24.1 Å². The molecule has 3 N–H and O–H groups in total. The van der Waals surface area contributed by atoms with Gasteiger partial charge in [0.05, 0.1) is 0 Å². The lowest BCUT2D eigenvalue weighted by atomic mass is 10.1. The number of carbonyl (C=O) groups is 1. The van der Waals surface area contributed by atoms with Crippen molar-refractivity contribution in [2.75, 3.05) is 5.73 Å². The zero-order chi connectivity index (χ0) is 14.8. The molecule has 0 bridgehead atoms. The van der Waals surface area contributed by atoms with Gasteiger partial charge >= 0.3 is 18.0 Å². The minimum absolute atomic E-state index is 0.356. The normalized spacial score (nSPS) is 12.3. The summed E-state index contributed by atoms with van der Waals surface area (Å²) in [5.41, 5.74) is 6.78. The number of nitrogen functional groups attached to an aromatic ring is 1. The molecule has 0 radical (unpaired) electrons. The van der Waals surface area contributed by atoms with Crippen molar-refractivity contribution in [3.05, 3.63) is 29.3 Å². The number of amides is 1. The first-order valence-corrected chi connectivity index (χ1v) is 5.14. The van der Waals surface area contributed by atoms with E-state index in [-0.39, 0.29) is 0 Å². The van der Waals surface area contributed by atoms with Gasteiger partial charge in [-0.25, -0.2) is 0 Å². The molecule has 0 spiro atoms. The van der Waals surface area contributed by atoms with E-state index >= 15 is 0 Å². The zero-order valence-corrected chi connectivity index (χ0v) is 9.81. The minimum Gasteiger partial charge on any atom is -0.399 e. The van der Waals surface area contributed by atoms with Crippen LogP contribution in [-0.2, 0) is 11.3 Å². The lowest BCUT2D eigenvalue weighted by molar-refractivity contribution is -0.269. The van der Waals surface area contributed by atoms with Crippen LogP contribution in [0.1, 0.15) is 11.1 Å². The molecule has 0 aromatic heterocycles. The smallest absolute Gasteiger partial charge is 0.399 e. The van der Waals surface area contributed by atoms with Crippen LogP contribution >= 0.6 is 0 Å². The summed E-state index contributed by atoms with van der Waals surface area (Å²) >= 11 is 0. The first kappa shape index (κ1) is 15.2. The lowest BCUT2D eigenvalue weighted by Crippen LogP contribution is -2.50. The number of alkyl halides is 5. The Kier molecular flexibility index (Phi) is 4.02. The number of benzene rings is 1. The van der Waals surface area contributed by atoms with Crippen molar-refractivity contribution in [3.8, 4) is 0 Å². The Labute approximate surface area is 105 Å². The van der Waals surface area contributed by atoms with Crippen LogP contribution in [0.15, 0.2) is 18.2 Å². The highest BCUT2D eigenvalue weighted by atomic mass is 19.4. The fourth-order valence-corrected chi connectivity index (χ4v) is 1.31. The van der Waals surface area contributed by atoms with E-state index in [1.165, 1.54) is 12.1 Å². The maximum atomic E-state index is 12.6. The highest BCUT2D eigenvalue weighted by Gasteiger charge is 2.63. The minimum atomic E-state index is -5.91. The van der Waals surface area contributed by atoms with Gasteiger partial charge < -0.3 is 11.1 Å². The molecule has 3 nitrogen and oxygen atoms in total. The van der Waals surface area contributed by atoms with E-state index in [0.717, 1.165) is 0 Å². The molecular formula is C11H11F5N2O. The van der Waals surface area contributed by atoms with Gasteiger partial charge in [-0.3, -0.25) is 4.79 Å². The Morgan fingerprint density at radius 2 is 1.84 bits per heavy atom. The predicted molar refractivity (Wildman–Crippen MR) is 58.4 cm³/mol. The number of rotatable bonds is 3. The molecule has 0 saturated carbocycles. The Hall–Kier alpha value is -1.86. The Balaban J connectivity index is 2.78. The average molecular weight is 282 g/mol. The highest BCUT2D eigenvalue weighted by molar-refractivity contribution is 5.84. The third-order valence-corrected chi connectivity index (χ3v) is 2.57. The van der Waals surface area contributed by atoms with Crippen molar-refractivity contribution < 1.29 is 26.7 Å². The summed E-state index contributed by atoms with van der Waals surface area (Å²) in [6.07, 6.45) is -5.91. The standard InChI is InChI=1S/C11H11F5N2O/c1-6-7(3-2-4-8(6)17)5-18-9(19)10(12,13)11(14,15)16/h2-4H,5,17H2,1H3,(H,18,19). The first-order chi connectivity index (χ1) is 8.57. The van der Waals surface area contributed by atoms with Gasteiger partial charge in [0.25, 0.3) is 0 Å². The van der Waals surface area contributed by atoms with Crippen LogP contribution in [0.4, 0.5) is 27.6 Å². The van der Waals surface area contributed by atoms with Crippen LogP contribution in [0.25, 0.3) is 0 Å². The summed E-state index contributed by atoms with van der Waals surface area (Å²) in [5.74, 6) is -7.80. The number of nitrogens with one attached hydrogen (secondary N) is 1. The highest BCUT2D eigenvalue weighted by Crippen LogP contribution is 2.35. The lowest BCUT2D eigenvalue weighted by Gasteiger charge is -2.19. The molecule has 0 atom stereocenters. The molecule has 1 aromatic rings. The summed E-state index contributed by atoms with van der Waals surface area (Å²) in [4.78, 5) is 10.9. The number of carbonyl (C=O) groups excluding carboxylic acids is 1. The second-order valence-electron chi connectivity index (χ2n) is 3.89. The summed E-state index contributed by atoms with van der Waals surface area (Å²) in [5, 5.41) is 1.55. The number of halogens is 5. The van der Waals surface area contributed by atoms with Gasteiger partial charge in [0.15, 0.2) is 0 Å². The van der Waals surface area contributed by atoms with E-state index in [1.54, 1.807) is 18.3 Å². The fraction of sp³-hybridized carbons (Fsp3) is 0.364. The van der Waals surface area contributed by atoms with E-state index in [9.17, 15) is 26.7 Å². The first-order valence-electron chi connectivity index (χ1n) is 5.14. The molecule has 1 rings (SSSR count). The molecule has 0 aliphatic heterocycles. The van der Waals surface area contributed by atoms with Crippen molar-refractivity contribution in [2.45, 2.75) is 25.6 Å². The predicted octanol–water partition coefficient (Wildman–Crippen LogP) is 2.39. The maximum Gasteiger partial charge on any atom is 0.463 e. The molecule has 1 amide bonds. The van der Waals surface area contributed by atoms with Crippen molar-refractivity contribution in [1.82, 2.24) is 5.32 Å². The number of hydrogen-bond donors (Lipinski definition) is 2. The molecule has 1 aromatic carbocycles. The largest absolute Gasteiger partial charge is 0.463 e. The van der Waals surface area contributed by atoms with Gasteiger partial charge in [0.1, 0.15) is 0 Å². The van der Waals surface area contributed by atoms with Crippen LogP contribution < -0.4 is 11.1 Å². The molecule has 0 saturated heterocycles. The second-order valence-corrected chi connectivity index (χ2v) is 3.89. The monoisotopic (exact) mass is 282 g/mol. The summed E-state index contributed by atoms with van der Waals surface area (Å²) in [6.45, 7) is 1.11. The molecule has 0 fully saturated rings. The van der Waals surface area contributed by atoms with Gasteiger partial charge in [-0.15, -0.1) is 0 Å². The van der Waals surface area contributed by atoms with Crippen LogP contribution in [0.5, 0.6) is 0 Å².